The Morgan fingerprint density at radius 2 is 1.92 bits per heavy atom. The van der Waals surface area contributed by atoms with Gasteiger partial charge in [0, 0.05) is 48.8 Å². The zero-order chi connectivity index (χ0) is 27.2. The van der Waals surface area contributed by atoms with Crippen LogP contribution in [0.4, 0.5) is 5.82 Å². The first-order valence-electron chi connectivity index (χ1n) is 12.9. The van der Waals surface area contributed by atoms with Gasteiger partial charge in [0.1, 0.15) is 23.7 Å². The molecule has 2 heterocycles. The van der Waals surface area contributed by atoms with Gasteiger partial charge in [0.2, 0.25) is 0 Å². The lowest BCUT2D eigenvalue weighted by Crippen LogP contribution is -2.30. The van der Waals surface area contributed by atoms with Crippen LogP contribution >= 0.6 is 0 Å². The zero-order valence-electron chi connectivity index (χ0n) is 22.1. The fourth-order valence-electron chi connectivity index (χ4n) is 4.73. The first-order chi connectivity index (χ1) is 19.1. The minimum atomic E-state index is -0.0208. The molecule has 1 amide bonds. The fourth-order valence-corrected chi connectivity index (χ4v) is 4.73. The van der Waals surface area contributed by atoms with Crippen molar-refractivity contribution < 1.29 is 14.3 Å². The smallest absolute Gasteiger partial charge is 0.254 e. The normalized spacial score (nSPS) is 15.5. The highest BCUT2D eigenvalue weighted by Gasteiger charge is 2.28. The second-order valence-electron chi connectivity index (χ2n) is 9.40. The average Bonchev–Trinajstić information content (AvgIpc) is 3.47. The van der Waals surface area contributed by atoms with E-state index in [-0.39, 0.29) is 12.0 Å². The van der Waals surface area contributed by atoms with Gasteiger partial charge in [-0.3, -0.25) is 9.79 Å². The predicted molar refractivity (Wildman–Crippen MR) is 152 cm³/mol. The number of aromatic nitrogens is 2. The van der Waals surface area contributed by atoms with Gasteiger partial charge in [-0.2, -0.15) is 0 Å². The van der Waals surface area contributed by atoms with Crippen molar-refractivity contribution in [2.24, 2.45) is 10.7 Å². The number of amides is 1. The summed E-state index contributed by atoms with van der Waals surface area (Å²) < 4.78 is 11.6. The van der Waals surface area contributed by atoms with Gasteiger partial charge < -0.3 is 25.4 Å². The first kappa shape index (κ1) is 26.1. The second-order valence-corrected chi connectivity index (χ2v) is 9.40. The summed E-state index contributed by atoms with van der Waals surface area (Å²) in [7, 11) is 3.29. The number of rotatable bonds is 9. The minimum Gasteiger partial charge on any atom is -0.496 e. The number of anilines is 1. The van der Waals surface area contributed by atoms with E-state index in [1.807, 2.05) is 71.6 Å². The average molecular weight is 525 g/mol. The largest absolute Gasteiger partial charge is 0.496 e. The van der Waals surface area contributed by atoms with E-state index in [4.69, 9.17) is 15.2 Å². The Morgan fingerprint density at radius 3 is 2.72 bits per heavy atom. The number of hydrogen-bond acceptors (Lipinski definition) is 7. The van der Waals surface area contributed by atoms with E-state index in [0.717, 1.165) is 34.2 Å². The van der Waals surface area contributed by atoms with Crippen molar-refractivity contribution in [2.45, 2.75) is 25.7 Å². The summed E-state index contributed by atoms with van der Waals surface area (Å²) in [6.07, 6.45) is 2.35. The van der Waals surface area contributed by atoms with Crippen LogP contribution in [0.1, 0.15) is 33.5 Å². The Hall–Kier alpha value is -4.50. The molecule has 1 unspecified atom stereocenters. The Morgan fingerprint density at radius 1 is 1.10 bits per heavy atom. The van der Waals surface area contributed by atoms with E-state index < -0.39 is 0 Å². The second kappa shape index (κ2) is 11.9. The number of hydrogen-bond donors (Lipinski definition) is 2. The quantitative estimate of drug-likeness (QED) is 0.251. The van der Waals surface area contributed by atoms with Crippen LogP contribution in [0.3, 0.4) is 0 Å². The van der Waals surface area contributed by atoms with Crippen molar-refractivity contribution in [3.63, 3.8) is 0 Å². The molecule has 39 heavy (non-hydrogen) atoms. The van der Waals surface area contributed by atoms with Crippen molar-refractivity contribution >= 4 is 28.5 Å². The molecule has 200 valence electrons. The number of amidine groups is 1. The molecule has 3 N–H and O–H groups in total. The van der Waals surface area contributed by atoms with Gasteiger partial charge in [0.05, 0.1) is 25.3 Å². The Bertz CT molecular complexity index is 1490. The van der Waals surface area contributed by atoms with Crippen molar-refractivity contribution in [2.75, 3.05) is 32.6 Å². The molecule has 0 aliphatic carbocycles. The zero-order valence-corrected chi connectivity index (χ0v) is 22.1. The monoisotopic (exact) mass is 524 g/mol. The number of methoxy groups -OCH3 is 1. The first-order valence-corrected chi connectivity index (χ1v) is 12.9. The number of nitrogens with two attached hydrogens (primary N) is 1. The molecule has 9 heteroatoms. The van der Waals surface area contributed by atoms with Crippen molar-refractivity contribution in [3.8, 4) is 5.75 Å². The van der Waals surface area contributed by atoms with Gasteiger partial charge in [0.25, 0.3) is 5.91 Å². The highest BCUT2D eigenvalue weighted by molar-refractivity contribution is 6.00. The van der Waals surface area contributed by atoms with Crippen LogP contribution in [-0.2, 0) is 17.9 Å². The molecule has 4 aromatic rings. The highest BCUT2D eigenvalue weighted by Crippen LogP contribution is 2.25. The molecule has 0 radical (unpaired) electrons. The van der Waals surface area contributed by atoms with Crippen molar-refractivity contribution in [1.29, 1.82) is 0 Å². The maximum Gasteiger partial charge on any atom is 0.254 e. The SMILES string of the molecule is C/N=C(/N)c1ccc(OC)c(CNc2ncnc3cc(C(=O)N4CCC(OCc5ccccc5)C4)ccc23)c1. The number of nitrogens with one attached hydrogen (secondary N) is 1. The van der Waals surface area contributed by atoms with E-state index in [2.05, 4.69) is 20.3 Å². The molecule has 5 rings (SSSR count). The van der Waals surface area contributed by atoms with E-state index >= 15 is 0 Å². The van der Waals surface area contributed by atoms with Crippen LogP contribution in [0.2, 0.25) is 0 Å². The van der Waals surface area contributed by atoms with Gasteiger partial charge in [-0.05, 0) is 48.4 Å². The number of ether oxygens (including phenoxy) is 2. The summed E-state index contributed by atoms with van der Waals surface area (Å²) in [5, 5.41) is 4.20. The molecule has 1 saturated heterocycles. The Kier molecular flexibility index (Phi) is 7.98. The van der Waals surface area contributed by atoms with Gasteiger partial charge >= 0.3 is 0 Å². The van der Waals surface area contributed by atoms with Crippen molar-refractivity contribution in [3.05, 3.63) is 95.3 Å². The molecule has 0 spiro atoms. The molecule has 1 aliphatic heterocycles. The third-order valence-electron chi connectivity index (χ3n) is 6.91. The maximum atomic E-state index is 13.3. The van der Waals surface area contributed by atoms with Crippen LogP contribution in [0, 0.1) is 0 Å². The van der Waals surface area contributed by atoms with E-state index in [9.17, 15) is 4.79 Å². The summed E-state index contributed by atoms with van der Waals surface area (Å²) in [4.78, 5) is 28.0. The molecule has 0 bridgehead atoms. The molecule has 1 aromatic heterocycles. The van der Waals surface area contributed by atoms with Gasteiger partial charge in [-0.15, -0.1) is 0 Å². The van der Waals surface area contributed by atoms with Crippen LogP contribution in [0.15, 0.2) is 78.0 Å². The van der Waals surface area contributed by atoms with Crippen LogP contribution in [0.25, 0.3) is 10.9 Å². The predicted octanol–water partition coefficient (Wildman–Crippen LogP) is 4.02. The molecule has 9 nitrogen and oxygen atoms in total. The number of carbonyl (C=O) groups excluding carboxylic acids is 1. The van der Waals surface area contributed by atoms with E-state index in [0.29, 0.717) is 49.0 Å². The van der Waals surface area contributed by atoms with Gasteiger partial charge in [-0.25, -0.2) is 9.97 Å². The molecular formula is C30H32N6O3. The number of aliphatic imine (C=N–C) groups is 1. The lowest BCUT2D eigenvalue weighted by Gasteiger charge is -2.17. The minimum absolute atomic E-state index is 0.0208. The summed E-state index contributed by atoms with van der Waals surface area (Å²) in [5.41, 5.74) is 10.2. The third kappa shape index (κ3) is 5.99. The fraction of sp³-hybridized carbons (Fsp3) is 0.267. The van der Waals surface area contributed by atoms with Crippen molar-refractivity contribution in [1.82, 2.24) is 14.9 Å². The highest BCUT2D eigenvalue weighted by atomic mass is 16.5. The number of fused-ring (bicyclic) bond motifs is 1. The summed E-state index contributed by atoms with van der Waals surface area (Å²) in [6.45, 7) is 2.25. The van der Waals surface area contributed by atoms with E-state index in [1.54, 1.807) is 14.2 Å². The third-order valence-corrected chi connectivity index (χ3v) is 6.91. The number of nitrogens with zero attached hydrogens (tertiary/aromatic N) is 4. The van der Waals surface area contributed by atoms with Gasteiger partial charge in [0.15, 0.2) is 0 Å². The molecule has 0 saturated carbocycles. The molecular weight excluding hydrogens is 492 g/mol. The molecule has 3 aromatic carbocycles. The standard InChI is InChI=1S/C30H32N6O3/c1-32-28(31)21-9-11-27(38-2)23(14-21)16-33-29-25-10-8-22(15-26(25)34-19-35-29)30(37)36-13-12-24(17-36)39-18-20-6-4-3-5-7-20/h3-11,14-15,19,24H,12-13,16-18H2,1-2H3,(H2,31,32)(H,33,34,35). The lowest BCUT2D eigenvalue weighted by atomic mass is 10.1. The summed E-state index contributed by atoms with van der Waals surface area (Å²) in [5.74, 6) is 1.83. The number of carbonyl (C=O) groups is 1. The molecule has 1 atom stereocenters. The van der Waals surface area contributed by atoms with E-state index in [1.165, 1.54) is 6.33 Å². The molecule has 1 aliphatic rings. The Balaban J connectivity index is 1.26. The summed E-state index contributed by atoms with van der Waals surface area (Å²) in [6, 6.07) is 21.3. The lowest BCUT2D eigenvalue weighted by molar-refractivity contribution is 0.0437. The topological polar surface area (TPSA) is 115 Å². The number of benzene rings is 3. The van der Waals surface area contributed by atoms with Crippen LogP contribution in [-0.4, -0.2) is 60.0 Å². The number of likely N-dealkylation sites (tertiary alicyclic amines) is 1. The Labute approximate surface area is 227 Å². The van der Waals surface area contributed by atoms with Gasteiger partial charge in [-0.1, -0.05) is 30.3 Å². The summed E-state index contributed by atoms with van der Waals surface area (Å²) >= 11 is 0. The molecule has 1 fully saturated rings. The maximum absolute atomic E-state index is 13.3. The van der Waals surface area contributed by atoms with Crippen LogP contribution < -0.4 is 15.8 Å². The van der Waals surface area contributed by atoms with Crippen LogP contribution in [0.5, 0.6) is 5.75 Å².